The number of hydrogen-bond acceptors (Lipinski definition) is 2. The summed E-state index contributed by atoms with van der Waals surface area (Å²) < 4.78 is 6.15. The van der Waals surface area contributed by atoms with Crippen LogP contribution in [0.25, 0.3) is 10.8 Å². The number of furan rings is 1. The quantitative estimate of drug-likeness (QED) is 0.338. The number of hydrogen-bond donors (Lipinski definition) is 0. The number of fused-ring (bicyclic) bond motifs is 1. The van der Waals surface area contributed by atoms with Crippen LogP contribution < -0.4 is 15.9 Å². The molecule has 0 spiro atoms. The fourth-order valence-electron chi connectivity index (χ4n) is 4.29. The van der Waals surface area contributed by atoms with Gasteiger partial charge < -0.3 is 4.42 Å². The molecule has 0 aliphatic carbocycles. The van der Waals surface area contributed by atoms with Crippen molar-refractivity contribution < 1.29 is 4.42 Å². The maximum atomic E-state index is 9.26. The summed E-state index contributed by atoms with van der Waals surface area (Å²) in [6.07, 6.45) is 2.56. The van der Waals surface area contributed by atoms with Gasteiger partial charge in [0.1, 0.15) is 35.1 Å². The molecule has 2 nitrogen and oxygen atoms in total. The monoisotopic (exact) mass is 418 g/mol. The molecule has 0 fully saturated rings. The van der Waals surface area contributed by atoms with Gasteiger partial charge in [-0.25, -0.2) is 0 Å². The van der Waals surface area contributed by atoms with Crippen molar-refractivity contribution >= 4 is 33.9 Å². The summed E-state index contributed by atoms with van der Waals surface area (Å²) in [7, 11) is -2.02. The van der Waals surface area contributed by atoms with E-state index in [2.05, 4.69) is 97.1 Å². The summed E-state index contributed by atoms with van der Waals surface area (Å²) in [5.74, 6) is 0.962. The van der Waals surface area contributed by atoms with E-state index in [1.165, 1.54) is 15.9 Å². The third-order valence-corrected chi connectivity index (χ3v) is 10.1. The van der Waals surface area contributed by atoms with Crippen LogP contribution in [0, 0.1) is 11.3 Å². The molecule has 1 aromatic heterocycles. The van der Waals surface area contributed by atoms with E-state index in [1.807, 2.05) is 18.2 Å². The molecule has 31 heavy (non-hydrogen) atoms. The summed E-state index contributed by atoms with van der Waals surface area (Å²) in [5.41, 5.74) is 0.648. The molecular weight excluding hydrogens is 397 g/mol. The predicted octanol–water partition coefficient (Wildman–Crippen LogP) is 5.80. The van der Waals surface area contributed by atoms with E-state index in [0.29, 0.717) is 5.56 Å². The van der Waals surface area contributed by atoms with Gasteiger partial charge in [0.25, 0.3) is 0 Å². The van der Waals surface area contributed by atoms with Crippen molar-refractivity contribution in [1.29, 1.82) is 5.26 Å². The zero-order valence-corrected chi connectivity index (χ0v) is 17.9. The highest BCUT2D eigenvalue weighted by atomic mass is 31.2. The summed E-state index contributed by atoms with van der Waals surface area (Å²) in [6.45, 7) is 0. The Hall–Kier alpha value is -3.66. The van der Waals surface area contributed by atoms with Crippen LogP contribution >= 0.6 is 7.26 Å². The lowest BCUT2D eigenvalue weighted by Crippen LogP contribution is -2.32. The maximum Gasteiger partial charge on any atom is 0.149 e. The Balaban J connectivity index is 1.78. The average Bonchev–Trinajstić information content (AvgIpc) is 3.26. The smallest absolute Gasteiger partial charge is 0.149 e. The number of benzene rings is 4. The van der Waals surface area contributed by atoms with Crippen LogP contribution in [0.15, 0.2) is 120 Å². The van der Waals surface area contributed by atoms with Crippen molar-refractivity contribution in [2.24, 2.45) is 0 Å². The Bertz CT molecular complexity index is 1260. The lowest BCUT2D eigenvalue weighted by molar-refractivity contribution is 0.535. The number of rotatable bonds is 5. The van der Waals surface area contributed by atoms with Gasteiger partial charge >= 0.3 is 0 Å². The van der Waals surface area contributed by atoms with Crippen LogP contribution in [0.2, 0.25) is 0 Å². The summed E-state index contributed by atoms with van der Waals surface area (Å²) in [5, 5.41) is 15.3. The first-order chi connectivity index (χ1) is 15.3. The Labute approximate surface area is 182 Å². The predicted molar refractivity (Wildman–Crippen MR) is 130 cm³/mol. The molecule has 5 rings (SSSR count). The van der Waals surface area contributed by atoms with Crippen molar-refractivity contribution in [3.63, 3.8) is 0 Å². The van der Waals surface area contributed by atoms with Crippen molar-refractivity contribution in [2.45, 2.75) is 6.16 Å². The lowest BCUT2D eigenvalue weighted by Gasteiger charge is -2.27. The van der Waals surface area contributed by atoms with Crippen LogP contribution in [0.3, 0.4) is 0 Å². The van der Waals surface area contributed by atoms with E-state index in [-0.39, 0.29) is 0 Å². The second kappa shape index (κ2) is 8.23. The SMILES string of the molecule is N#Cc1ccc2c(C[P+](c3ccccc3)(c3ccccc3)c3ccccc3)occ2c1. The Morgan fingerprint density at radius 1 is 0.677 bits per heavy atom. The van der Waals surface area contributed by atoms with Crippen LogP contribution in [0.5, 0.6) is 0 Å². The Morgan fingerprint density at radius 2 is 1.19 bits per heavy atom. The van der Waals surface area contributed by atoms with Crippen molar-refractivity contribution in [3.05, 3.63) is 127 Å². The summed E-state index contributed by atoms with van der Waals surface area (Å²) >= 11 is 0. The largest absolute Gasteiger partial charge is 0.464 e. The summed E-state index contributed by atoms with van der Waals surface area (Å²) in [6, 6.07) is 40.4. The van der Waals surface area contributed by atoms with E-state index in [1.54, 1.807) is 6.26 Å². The molecule has 0 atom stereocenters. The fraction of sp³-hybridized carbons (Fsp3) is 0.0357. The first-order valence-corrected chi connectivity index (χ1v) is 12.2. The molecule has 4 aromatic carbocycles. The van der Waals surface area contributed by atoms with E-state index in [9.17, 15) is 5.26 Å². The van der Waals surface area contributed by atoms with Gasteiger partial charge in [-0.1, -0.05) is 54.6 Å². The van der Waals surface area contributed by atoms with Crippen LogP contribution in [-0.2, 0) is 6.16 Å². The van der Waals surface area contributed by atoms with Gasteiger partial charge in [0.05, 0.1) is 17.9 Å². The van der Waals surface area contributed by atoms with Crippen LogP contribution in [0.1, 0.15) is 11.3 Å². The lowest BCUT2D eigenvalue weighted by atomic mass is 10.1. The Kier molecular flexibility index (Phi) is 5.13. The standard InChI is InChI=1S/C28H21NOP/c29-19-22-16-17-27-23(18-22)20-30-28(27)21-31(24-10-4-1-5-11-24,25-12-6-2-7-13-25)26-14-8-3-9-15-26/h1-18,20H,21H2/q+1. The second-order valence-electron chi connectivity index (χ2n) is 7.55. The molecule has 0 aliphatic heterocycles. The van der Waals surface area contributed by atoms with Crippen LogP contribution in [-0.4, -0.2) is 0 Å². The molecule has 0 N–H and O–H groups in total. The maximum absolute atomic E-state index is 9.26. The Morgan fingerprint density at radius 3 is 1.68 bits per heavy atom. The molecule has 148 valence electrons. The third kappa shape index (κ3) is 3.44. The zero-order chi connectivity index (χ0) is 21.1. The minimum absolute atomic E-state index is 0.648. The highest BCUT2D eigenvalue weighted by molar-refractivity contribution is 7.95. The highest BCUT2D eigenvalue weighted by Crippen LogP contribution is 2.58. The van der Waals surface area contributed by atoms with Crippen molar-refractivity contribution in [1.82, 2.24) is 0 Å². The molecule has 0 radical (unpaired) electrons. The summed E-state index contributed by atoms with van der Waals surface area (Å²) in [4.78, 5) is 0. The van der Waals surface area contributed by atoms with E-state index in [0.717, 1.165) is 22.7 Å². The van der Waals surface area contributed by atoms with Crippen molar-refractivity contribution in [3.8, 4) is 6.07 Å². The third-order valence-electron chi connectivity index (χ3n) is 5.78. The highest BCUT2D eigenvalue weighted by Gasteiger charge is 2.46. The normalized spacial score (nSPS) is 11.3. The van der Waals surface area contributed by atoms with E-state index >= 15 is 0 Å². The molecule has 1 heterocycles. The first kappa shape index (κ1) is 19.3. The molecular formula is C28H21NOP+. The molecule has 0 bridgehead atoms. The van der Waals surface area contributed by atoms with Gasteiger partial charge in [-0.05, 0) is 54.6 Å². The molecule has 0 amide bonds. The van der Waals surface area contributed by atoms with E-state index in [4.69, 9.17) is 4.42 Å². The van der Waals surface area contributed by atoms with Gasteiger partial charge in [-0.3, -0.25) is 0 Å². The molecule has 0 aliphatic rings. The molecule has 5 aromatic rings. The second-order valence-corrected chi connectivity index (χ2v) is 11.0. The van der Waals surface area contributed by atoms with Gasteiger partial charge in [0, 0.05) is 10.8 Å². The number of nitriles is 1. The molecule has 3 heteroatoms. The van der Waals surface area contributed by atoms with Gasteiger partial charge in [-0.2, -0.15) is 5.26 Å². The molecule has 0 unspecified atom stereocenters. The van der Waals surface area contributed by atoms with Crippen LogP contribution in [0.4, 0.5) is 0 Å². The minimum atomic E-state index is -2.02. The van der Waals surface area contributed by atoms with Gasteiger partial charge in [0.15, 0.2) is 0 Å². The van der Waals surface area contributed by atoms with Crippen molar-refractivity contribution in [2.75, 3.05) is 0 Å². The average molecular weight is 418 g/mol. The first-order valence-electron chi connectivity index (χ1n) is 10.3. The minimum Gasteiger partial charge on any atom is -0.464 e. The molecule has 0 saturated carbocycles. The van der Waals surface area contributed by atoms with Gasteiger partial charge in [0.2, 0.25) is 0 Å². The van der Waals surface area contributed by atoms with Gasteiger partial charge in [-0.15, -0.1) is 0 Å². The zero-order valence-electron chi connectivity index (χ0n) is 17.0. The van der Waals surface area contributed by atoms with E-state index < -0.39 is 7.26 Å². The molecule has 0 saturated heterocycles. The topological polar surface area (TPSA) is 36.9 Å². The number of nitrogens with zero attached hydrogens (tertiary/aromatic N) is 1. The fourth-order valence-corrected chi connectivity index (χ4v) is 8.45.